The van der Waals surface area contributed by atoms with Gasteiger partial charge in [-0.3, -0.25) is 0 Å². The number of halogens is 6. The van der Waals surface area contributed by atoms with Gasteiger partial charge in [0.15, 0.2) is 5.11 Å². The Morgan fingerprint density at radius 3 is 2.50 bits per heavy atom. The zero-order chi connectivity index (χ0) is 17.9. The molecule has 0 aromatic heterocycles. The molecular weight excluding hydrogens is 432 g/mol. The molecule has 0 bridgehead atoms. The minimum atomic E-state index is -4.52. The average Bonchev–Trinajstić information content (AvgIpc) is 2.48. The smallest absolute Gasteiger partial charge is 0.358 e. The van der Waals surface area contributed by atoms with Crippen LogP contribution in [0.4, 0.5) is 23.2 Å². The van der Waals surface area contributed by atoms with Crippen LogP contribution in [0.1, 0.15) is 11.1 Å². The summed E-state index contributed by atoms with van der Waals surface area (Å²) >= 11 is 13.8. The summed E-state index contributed by atoms with van der Waals surface area (Å²) in [4.78, 5) is 0. The molecule has 9 heteroatoms. The molecule has 0 spiro atoms. The SMILES string of the molecule is Fc1ccc(NC(=S)NCc2ccc(Cl)c(C(F)(F)F)c2)c(Br)c1. The second kappa shape index (κ2) is 7.67. The molecule has 128 valence electrons. The summed E-state index contributed by atoms with van der Waals surface area (Å²) in [6.45, 7) is 0.0743. The molecule has 2 rings (SSSR count). The topological polar surface area (TPSA) is 24.1 Å². The van der Waals surface area contributed by atoms with Crippen LogP contribution in [0.3, 0.4) is 0 Å². The van der Waals surface area contributed by atoms with Crippen molar-refractivity contribution in [1.82, 2.24) is 5.32 Å². The molecule has 0 atom stereocenters. The molecule has 0 radical (unpaired) electrons. The molecule has 0 heterocycles. The van der Waals surface area contributed by atoms with Gasteiger partial charge in [0.05, 0.1) is 16.3 Å². The fraction of sp³-hybridized carbons (Fsp3) is 0.133. The number of rotatable bonds is 3. The van der Waals surface area contributed by atoms with Crippen LogP contribution in [0.15, 0.2) is 40.9 Å². The van der Waals surface area contributed by atoms with Crippen molar-refractivity contribution in [3.63, 3.8) is 0 Å². The Bertz CT molecular complexity index is 768. The number of anilines is 1. The number of thiocarbonyl (C=S) groups is 1. The first-order valence-corrected chi connectivity index (χ1v) is 8.10. The molecule has 0 aliphatic rings. The van der Waals surface area contributed by atoms with Crippen molar-refractivity contribution >= 4 is 50.5 Å². The molecule has 0 aliphatic carbocycles. The van der Waals surface area contributed by atoms with Crippen LogP contribution >= 0.6 is 39.7 Å². The number of benzene rings is 2. The zero-order valence-electron chi connectivity index (χ0n) is 11.8. The van der Waals surface area contributed by atoms with Gasteiger partial charge in [0, 0.05) is 11.0 Å². The van der Waals surface area contributed by atoms with E-state index in [0.717, 1.165) is 6.07 Å². The van der Waals surface area contributed by atoms with Gasteiger partial charge >= 0.3 is 6.18 Å². The van der Waals surface area contributed by atoms with E-state index < -0.39 is 17.6 Å². The molecule has 2 nitrogen and oxygen atoms in total. The van der Waals surface area contributed by atoms with Crippen LogP contribution in [-0.2, 0) is 12.7 Å². The lowest BCUT2D eigenvalue weighted by Crippen LogP contribution is -2.28. The number of alkyl halides is 3. The number of nitrogens with one attached hydrogen (secondary N) is 2. The Labute approximate surface area is 154 Å². The predicted molar refractivity (Wildman–Crippen MR) is 93.6 cm³/mol. The molecule has 2 N–H and O–H groups in total. The van der Waals surface area contributed by atoms with Crippen molar-refractivity contribution in [3.05, 3.63) is 62.8 Å². The summed E-state index contributed by atoms with van der Waals surface area (Å²) in [7, 11) is 0. The van der Waals surface area contributed by atoms with Crippen LogP contribution in [0.25, 0.3) is 0 Å². The maximum absolute atomic E-state index is 13.0. The molecule has 0 saturated carbocycles. The minimum absolute atomic E-state index is 0.0743. The third-order valence-electron chi connectivity index (χ3n) is 2.97. The molecule has 24 heavy (non-hydrogen) atoms. The van der Waals surface area contributed by atoms with Gasteiger partial charge in [-0.15, -0.1) is 0 Å². The monoisotopic (exact) mass is 440 g/mol. The van der Waals surface area contributed by atoms with Gasteiger partial charge in [-0.1, -0.05) is 17.7 Å². The minimum Gasteiger partial charge on any atom is -0.358 e. The standard InChI is InChI=1S/C15H10BrClF4N2S/c16-11-6-9(18)2-4-13(11)23-14(24)22-7-8-1-3-12(17)10(5-8)15(19,20)21/h1-6H,7H2,(H2,22,23,24). The molecule has 0 fully saturated rings. The van der Waals surface area contributed by atoms with Gasteiger partial charge < -0.3 is 10.6 Å². The van der Waals surface area contributed by atoms with Crippen molar-refractivity contribution in [1.29, 1.82) is 0 Å². The van der Waals surface area contributed by atoms with Crippen molar-refractivity contribution in [2.45, 2.75) is 12.7 Å². The molecule has 0 unspecified atom stereocenters. The first-order chi connectivity index (χ1) is 11.2. The predicted octanol–water partition coefficient (Wildman–Crippen LogP) is 5.75. The van der Waals surface area contributed by atoms with Gasteiger partial charge in [0.2, 0.25) is 0 Å². The Hall–Kier alpha value is -1.38. The molecule has 0 aliphatic heterocycles. The summed E-state index contributed by atoms with van der Waals surface area (Å²) in [5.41, 5.74) is -0.00124. The lowest BCUT2D eigenvalue weighted by molar-refractivity contribution is -0.137. The molecule has 2 aromatic rings. The molecule has 0 amide bonds. The van der Waals surface area contributed by atoms with Crippen molar-refractivity contribution in [2.24, 2.45) is 0 Å². The quantitative estimate of drug-likeness (QED) is 0.469. The fourth-order valence-electron chi connectivity index (χ4n) is 1.84. The third-order valence-corrected chi connectivity index (χ3v) is 4.20. The highest BCUT2D eigenvalue weighted by molar-refractivity contribution is 9.10. The van der Waals surface area contributed by atoms with E-state index in [4.69, 9.17) is 23.8 Å². The van der Waals surface area contributed by atoms with Gasteiger partial charge in [0.1, 0.15) is 5.82 Å². The van der Waals surface area contributed by atoms with Crippen molar-refractivity contribution in [3.8, 4) is 0 Å². The maximum atomic E-state index is 13.0. The lowest BCUT2D eigenvalue weighted by atomic mass is 10.1. The van der Waals surface area contributed by atoms with E-state index in [0.29, 0.717) is 15.7 Å². The van der Waals surface area contributed by atoms with Gasteiger partial charge in [-0.25, -0.2) is 4.39 Å². The highest BCUT2D eigenvalue weighted by Gasteiger charge is 2.33. The third kappa shape index (κ3) is 5.06. The zero-order valence-corrected chi connectivity index (χ0v) is 15.0. The van der Waals surface area contributed by atoms with E-state index in [1.54, 1.807) is 0 Å². The average molecular weight is 442 g/mol. The summed E-state index contributed by atoms with van der Waals surface area (Å²) in [6.07, 6.45) is -4.52. The van der Waals surface area contributed by atoms with Crippen LogP contribution in [-0.4, -0.2) is 5.11 Å². The van der Waals surface area contributed by atoms with Crippen LogP contribution < -0.4 is 10.6 Å². The summed E-state index contributed by atoms with van der Waals surface area (Å²) in [5, 5.41) is 5.43. The Morgan fingerprint density at radius 1 is 1.17 bits per heavy atom. The van der Waals surface area contributed by atoms with E-state index in [9.17, 15) is 17.6 Å². The number of hydrogen-bond acceptors (Lipinski definition) is 1. The van der Waals surface area contributed by atoms with E-state index in [1.807, 2.05) is 0 Å². The van der Waals surface area contributed by atoms with E-state index in [1.165, 1.54) is 30.3 Å². The molecular formula is C15H10BrClF4N2S. The van der Waals surface area contributed by atoms with Crippen LogP contribution in [0.5, 0.6) is 0 Å². The van der Waals surface area contributed by atoms with Crippen molar-refractivity contribution < 1.29 is 17.6 Å². The maximum Gasteiger partial charge on any atom is 0.417 e. The molecule has 2 aromatic carbocycles. The fourth-order valence-corrected chi connectivity index (χ4v) is 2.70. The summed E-state index contributed by atoms with van der Waals surface area (Å²) < 4.78 is 51.9. The summed E-state index contributed by atoms with van der Waals surface area (Å²) in [6, 6.07) is 7.63. The van der Waals surface area contributed by atoms with Crippen LogP contribution in [0.2, 0.25) is 5.02 Å². The highest BCUT2D eigenvalue weighted by atomic mass is 79.9. The first-order valence-electron chi connectivity index (χ1n) is 6.52. The Kier molecular flexibility index (Phi) is 6.06. The van der Waals surface area contributed by atoms with E-state index in [2.05, 4.69) is 26.6 Å². The second-order valence-corrected chi connectivity index (χ2v) is 6.41. The summed E-state index contributed by atoms with van der Waals surface area (Å²) in [5.74, 6) is -0.410. The largest absolute Gasteiger partial charge is 0.417 e. The molecule has 0 saturated heterocycles. The lowest BCUT2D eigenvalue weighted by Gasteiger charge is -2.14. The second-order valence-electron chi connectivity index (χ2n) is 4.74. The van der Waals surface area contributed by atoms with Gasteiger partial charge in [-0.2, -0.15) is 13.2 Å². The van der Waals surface area contributed by atoms with E-state index >= 15 is 0 Å². The Balaban J connectivity index is 2.01. The first kappa shape index (κ1) is 19.0. The van der Waals surface area contributed by atoms with Gasteiger partial charge in [0.25, 0.3) is 0 Å². The highest BCUT2D eigenvalue weighted by Crippen LogP contribution is 2.35. The van der Waals surface area contributed by atoms with Crippen molar-refractivity contribution in [2.75, 3.05) is 5.32 Å². The van der Waals surface area contributed by atoms with Gasteiger partial charge in [-0.05, 0) is 64.0 Å². The van der Waals surface area contributed by atoms with Crippen LogP contribution in [0, 0.1) is 5.82 Å². The Morgan fingerprint density at radius 2 is 1.88 bits per heavy atom. The normalized spacial score (nSPS) is 11.2. The van der Waals surface area contributed by atoms with E-state index in [-0.39, 0.29) is 16.7 Å². The number of hydrogen-bond donors (Lipinski definition) is 2.